The molecule has 0 unspecified atom stereocenters. The van der Waals surface area contributed by atoms with Crippen molar-refractivity contribution in [3.63, 3.8) is 0 Å². The van der Waals surface area contributed by atoms with E-state index in [0.29, 0.717) is 0 Å². The number of allylic oxidation sites excluding steroid dienone is 5. The molecule has 0 aliphatic heterocycles. The summed E-state index contributed by atoms with van der Waals surface area (Å²) in [5, 5.41) is 3.43. The largest absolute Gasteiger partial charge is 0.356 e. The Labute approximate surface area is 110 Å². The first-order chi connectivity index (χ1) is 8.88. The molecule has 94 valence electrons. The molecule has 0 spiro atoms. The fraction of sp³-hybridized carbons (Fsp3) is 0.294. The van der Waals surface area contributed by atoms with Gasteiger partial charge in [0.05, 0.1) is 0 Å². The number of anilines is 1. The molecular formula is C17H21N. The van der Waals surface area contributed by atoms with Gasteiger partial charge in [-0.1, -0.05) is 43.7 Å². The van der Waals surface area contributed by atoms with Crippen LogP contribution < -0.4 is 5.32 Å². The Morgan fingerprint density at radius 2 is 1.94 bits per heavy atom. The SMILES string of the molecule is CCCCc1ccc(NC2=CC=CCC=C2)cc1. The minimum Gasteiger partial charge on any atom is -0.356 e. The van der Waals surface area contributed by atoms with Crippen LogP contribution in [0, 0.1) is 0 Å². The highest BCUT2D eigenvalue weighted by molar-refractivity contribution is 5.52. The summed E-state index contributed by atoms with van der Waals surface area (Å²) in [5.41, 5.74) is 3.72. The third-order valence-corrected chi connectivity index (χ3v) is 3.04. The van der Waals surface area contributed by atoms with E-state index in [1.807, 2.05) is 0 Å². The smallest absolute Gasteiger partial charge is 0.0384 e. The molecule has 1 aromatic carbocycles. The van der Waals surface area contributed by atoms with Crippen molar-refractivity contribution in [2.24, 2.45) is 0 Å². The van der Waals surface area contributed by atoms with Gasteiger partial charge in [0.1, 0.15) is 0 Å². The number of unbranched alkanes of at least 4 members (excludes halogenated alkanes) is 1. The van der Waals surface area contributed by atoms with Gasteiger partial charge in [0.15, 0.2) is 0 Å². The van der Waals surface area contributed by atoms with E-state index in [1.165, 1.54) is 24.8 Å². The minimum absolute atomic E-state index is 1.01. The molecule has 0 bridgehead atoms. The van der Waals surface area contributed by atoms with Crippen LogP contribution in [0.1, 0.15) is 31.7 Å². The van der Waals surface area contributed by atoms with Crippen LogP contribution in [-0.2, 0) is 6.42 Å². The van der Waals surface area contributed by atoms with E-state index in [1.54, 1.807) is 0 Å². The van der Waals surface area contributed by atoms with Crippen molar-refractivity contribution < 1.29 is 0 Å². The van der Waals surface area contributed by atoms with Crippen LogP contribution in [0.4, 0.5) is 5.69 Å². The first kappa shape index (κ1) is 12.7. The molecule has 0 radical (unpaired) electrons. The Kier molecular flexibility index (Phi) is 4.83. The molecular weight excluding hydrogens is 218 g/mol. The van der Waals surface area contributed by atoms with Crippen LogP contribution in [0.5, 0.6) is 0 Å². The molecule has 1 N–H and O–H groups in total. The van der Waals surface area contributed by atoms with Crippen LogP contribution in [0.2, 0.25) is 0 Å². The monoisotopic (exact) mass is 239 g/mol. The lowest BCUT2D eigenvalue weighted by Gasteiger charge is -2.07. The number of hydrogen-bond donors (Lipinski definition) is 1. The molecule has 1 aliphatic rings. The molecule has 0 heterocycles. The van der Waals surface area contributed by atoms with Crippen LogP contribution in [0.3, 0.4) is 0 Å². The number of hydrogen-bond acceptors (Lipinski definition) is 1. The second-order valence-electron chi connectivity index (χ2n) is 4.61. The maximum Gasteiger partial charge on any atom is 0.0384 e. The molecule has 1 nitrogen and oxygen atoms in total. The number of aryl methyl sites for hydroxylation is 1. The highest BCUT2D eigenvalue weighted by atomic mass is 14.9. The molecule has 0 aromatic heterocycles. The van der Waals surface area contributed by atoms with E-state index in [-0.39, 0.29) is 0 Å². The van der Waals surface area contributed by atoms with Crippen molar-refractivity contribution >= 4 is 5.69 Å². The van der Waals surface area contributed by atoms with Crippen LogP contribution >= 0.6 is 0 Å². The normalized spacial score (nSPS) is 14.2. The summed E-state index contributed by atoms with van der Waals surface area (Å²) in [6.45, 7) is 2.23. The predicted molar refractivity (Wildman–Crippen MR) is 79.7 cm³/mol. The van der Waals surface area contributed by atoms with Crippen LogP contribution in [0.25, 0.3) is 0 Å². The summed E-state index contributed by atoms with van der Waals surface area (Å²) < 4.78 is 0. The maximum atomic E-state index is 3.43. The number of nitrogens with one attached hydrogen (secondary N) is 1. The van der Waals surface area contributed by atoms with E-state index in [0.717, 1.165) is 17.8 Å². The standard InChI is InChI=1S/C17H21N/c1-2-3-8-15-11-13-17(14-12-15)18-16-9-6-4-5-7-10-16/h4,6-7,9-14,18H,2-3,5,8H2,1H3. The van der Waals surface area contributed by atoms with Gasteiger partial charge in [-0.05, 0) is 49.1 Å². The quantitative estimate of drug-likeness (QED) is 0.775. The summed E-state index contributed by atoms with van der Waals surface area (Å²) in [6, 6.07) is 8.76. The van der Waals surface area contributed by atoms with Crippen molar-refractivity contribution in [1.29, 1.82) is 0 Å². The van der Waals surface area contributed by atoms with Gasteiger partial charge in [-0.25, -0.2) is 0 Å². The average Bonchev–Trinajstić information content (AvgIpc) is 2.67. The Morgan fingerprint density at radius 3 is 2.72 bits per heavy atom. The van der Waals surface area contributed by atoms with Gasteiger partial charge in [-0.3, -0.25) is 0 Å². The third kappa shape index (κ3) is 3.92. The lowest BCUT2D eigenvalue weighted by atomic mass is 10.1. The first-order valence-corrected chi connectivity index (χ1v) is 6.78. The molecule has 0 atom stereocenters. The lowest BCUT2D eigenvalue weighted by Crippen LogP contribution is -1.96. The second kappa shape index (κ2) is 6.85. The van der Waals surface area contributed by atoms with Gasteiger partial charge in [-0.2, -0.15) is 0 Å². The van der Waals surface area contributed by atoms with Gasteiger partial charge >= 0.3 is 0 Å². The van der Waals surface area contributed by atoms with Crippen molar-refractivity contribution in [1.82, 2.24) is 0 Å². The van der Waals surface area contributed by atoms with E-state index in [2.05, 4.69) is 66.9 Å². The number of rotatable bonds is 5. The molecule has 2 rings (SSSR count). The van der Waals surface area contributed by atoms with E-state index in [4.69, 9.17) is 0 Å². The van der Waals surface area contributed by atoms with Gasteiger partial charge in [0.2, 0.25) is 0 Å². The zero-order valence-electron chi connectivity index (χ0n) is 11.0. The summed E-state index contributed by atoms with van der Waals surface area (Å²) in [5.74, 6) is 0. The third-order valence-electron chi connectivity index (χ3n) is 3.04. The topological polar surface area (TPSA) is 12.0 Å². The summed E-state index contributed by atoms with van der Waals surface area (Å²) >= 11 is 0. The Morgan fingerprint density at radius 1 is 1.11 bits per heavy atom. The summed E-state index contributed by atoms with van der Waals surface area (Å²) in [6.07, 6.45) is 15.4. The molecule has 18 heavy (non-hydrogen) atoms. The Bertz CT molecular complexity index is 449. The van der Waals surface area contributed by atoms with Gasteiger partial charge in [0.25, 0.3) is 0 Å². The predicted octanol–water partition coefficient (Wildman–Crippen LogP) is 4.84. The van der Waals surface area contributed by atoms with E-state index >= 15 is 0 Å². The summed E-state index contributed by atoms with van der Waals surface area (Å²) in [4.78, 5) is 0. The fourth-order valence-electron chi connectivity index (χ4n) is 1.97. The lowest BCUT2D eigenvalue weighted by molar-refractivity contribution is 0.795. The van der Waals surface area contributed by atoms with E-state index in [9.17, 15) is 0 Å². The maximum absolute atomic E-state index is 3.43. The van der Waals surface area contributed by atoms with Crippen LogP contribution in [0.15, 0.2) is 60.3 Å². The van der Waals surface area contributed by atoms with Gasteiger partial charge < -0.3 is 5.32 Å². The minimum atomic E-state index is 1.01. The molecule has 1 heteroatoms. The fourth-order valence-corrected chi connectivity index (χ4v) is 1.97. The first-order valence-electron chi connectivity index (χ1n) is 6.78. The molecule has 0 fully saturated rings. The second-order valence-corrected chi connectivity index (χ2v) is 4.61. The highest BCUT2D eigenvalue weighted by Gasteiger charge is 1.97. The van der Waals surface area contributed by atoms with Gasteiger partial charge in [-0.15, -0.1) is 0 Å². The molecule has 0 saturated heterocycles. The van der Waals surface area contributed by atoms with Crippen molar-refractivity contribution in [3.05, 3.63) is 65.9 Å². The molecule has 0 amide bonds. The summed E-state index contributed by atoms with van der Waals surface area (Å²) in [7, 11) is 0. The average molecular weight is 239 g/mol. The zero-order chi connectivity index (χ0) is 12.6. The molecule has 0 saturated carbocycles. The van der Waals surface area contributed by atoms with Crippen molar-refractivity contribution in [2.45, 2.75) is 32.6 Å². The Balaban J connectivity index is 1.97. The molecule has 1 aromatic rings. The zero-order valence-corrected chi connectivity index (χ0v) is 11.0. The van der Waals surface area contributed by atoms with Gasteiger partial charge in [0, 0.05) is 11.4 Å². The van der Waals surface area contributed by atoms with Crippen molar-refractivity contribution in [2.75, 3.05) is 5.32 Å². The number of benzene rings is 1. The Hall–Kier alpha value is -1.76. The van der Waals surface area contributed by atoms with E-state index < -0.39 is 0 Å². The molecule has 1 aliphatic carbocycles. The van der Waals surface area contributed by atoms with Crippen molar-refractivity contribution in [3.8, 4) is 0 Å². The van der Waals surface area contributed by atoms with Crippen LogP contribution in [-0.4, -0.2) is 0 Å². The highest BCUT2D eigenvalue weighted by Crippen LogP contribution is 2.15.